The summed E-state index contributed by atoms with van der Waals surface area (Å²) in [6.07, 6.45) is 9.79. The van der Waals surface area contributed by atoms with Gasteiger partial charge in [0.05, 0.1) is 0 Å². The van der Waals surface area contributed by atoms with Gasteiger partial charge in [-0.1, -0.05) is 6.42 Å². The summed E-state index contributed by atoms with van der Waals surface area (Å²) in [5.74, 6) is 3.97. The van der Waals surface area contributed by atoms with Crippen molar-refractivity contribution in [2.45, 2.75) is 44.6 Å². The van der Waals surface area contributed by atoms with E-state index in [1.54, 1.807) is 11.8 Å². The van der Waals surface area contributed by atoms with Gasteiger partial charge in [0.2, 0.25) is 0 Å². The quantitative estimate of drug-likeness (QED) is 0.764. The van der Waals surface area contributed by atoms with Gasteiger partial charge in [-0.2, -0.15) is 11.8 Å². The number of nitrogens with zero attached hydrogens (tertiary/aromatic N) is 1. The van der Waals surface area contributed by atoms with Gasteiger partial charge in [0.25, 0.3) is 5.91 Å². The zero-order chi connectivity index (χ0) is 14.1. The predicted molar refractivity (Wildman–Crippen MR) is 87.8 cm³/mol. The van der Waals surface area contributed by atoms with Crippen molar-refractivity contribution < 1.29 is 4.79 Å². The van der Waals surface area contributed by atoms with Crippen molar-refractivity contribution in [3.05, 3.63) is 0 Å². The molecule has 0 spiro atoms. The number of hydrogen-bond acceptors (Lipinski definition) is 3. The van der Waals surface area contributed by atoms with Crippen molar-refractivity contribution >= 4 is 35.0 Å². The first-order chi connectivity index (χ1) is 9.69. The lowest BCUT2D eigenvalue weighted by atomic mass is 9.86. The van der Waals surface area contributed by atoms with Crippen LogP contribution in [0.2, 0.25) is 0 Å². The number of rotatable bonds is 6. The lowest BCUT2D eigenvalue weighted by Gasteiger charge is -2.24. The fourth-order valence-corrected chi connectivity index (χ4v) is 5.04. The van der Waals surface area contributed by atoms with Crippen LogP contribution in [0, 0.1) is 17.8 Å². The van der Waals surface area contributed by atoms with Crippen LogP contribution in [-0.2, 0) is 4.79 Å². The molecule has 3 aliphatic rings. The van der Waals surface area contributed by atoms with E-state index in [1.807, 2.05) is 4.90 Å². The SMILES string of the molecule is CSCC[C@@H]1NC(=S)N(CC[C@@H]2C[C@@H]3CC[C@@H]2C3)C1=O. The smallest absolute Gasteiger partial charge is 0.251 e. The summed E-state index contributed by atoms with van der Waals surface area (Å²) in [5.41, 5.74) is 0. The highest BCUT2D eigenvalue weighted by Gasteiger charge is 2.40. The molecule has 0 aromatic carbocycles. The molecule has 3 rings (SSSR count). The lowest BCUT2D eigenvalue weighted by molar-refractivity contribution is -0.127. The predicted octanol–water partition coefficient (Wildman–Crippen LogP) is 2.65. The van der Waals surface area contributed by atoms with Gasteiger partial charge < -0.3 is 5.32 Å². The Morgan fingerprint density at radius 3 is 2.85 bits per heavy atom. The third kappa shape index (κ3) is 2.84. The van der Waals surface area contributed by atoms with Crippen LogP contribution in [0.25, 0.3) is 0 Å². The molecule has 3 nitrogen and oxygen atoms in total. The van der Waals surface area contributed by atoms with Crippen molar-refractivity contribution in [1.29, 1.82) is 0 Å². The van der Waals surface area contributed by atoms with Gasteiger partial charge in [0, 0.05) is 6.54 Å². The van der Waals surface area contributed by atoms with E-state index in [2.05, 4.69) is 11.6 Å². The summed E-state index contributed by atoms with van der Waals surface area (Å²) in [4.78, 5) is 14.2. The zero-order valence-corrected chi connectivity index (χ0v) is 13.8. The highest BCUT2D eigenvalue weighted by molar-refractivity contribution is 7.98. The average molecular weight is 313 g/mol. The third-order valence-electron chi connectivity index (χ3n) is 5.33. The highest BCUT2D eigenvalue weighted by Crippen LogP contribution is 2.49. The van der Waals surface area contributed by atoms with E-state index in [-0.39, 0.29) is 11.9 Å². The van der Waals surface area contributed by atoms with Crippen molar-refractivity contribution in [3.63, 3.8) is 0 Å². The first-order valence-electron chi connectivity index (χ1n) is 7.80. The van der Waals surface area contributed by atoms with Crippen molar-refractivity contribution in [2.24, 2.45) is 17.8 Å². The van der Waals surface area contributed by atoms with E-state index in [4.69, 9.17) is 12.2 Å². The topological polar surface area (TPSA) is 32.3 Å². The van der Waals surface area contributed by atoms with E-state index < -0.39 is 0 Å². The Hall–Kier alpha value is -0.290. The minimum absolute atomic E-state index is 0.0741. The summed E-state index contributed by atoms with van der Waals surface area (Å²) < 4.78 is 0. The molecule has 2 saturated carbocycles. The molecule has 0 radical (unpaired) electrons. The number of hydrogen-bond donors (Lipinski definition) is 1. The molecule has 0 unspecified atom stereocenters. The number of thiocarbonyl (C=S) groups is 1. The number of carbonyl (C=O) groups excluding carboxylic acids is 1. The Morgan fingerprint density at radius 2 is 2.20 bits per heavy atom. The van der Waals surface area contributed by atoms with Crippen molar-refractivity contribution in [2.75, 3.05) is 18.6 Å². The maximum atomic E-state index is 12.4. The maximum absolute atomic E-state index is 12.4. The van der Waals surface area contributed by atoms with E-state index >= 15 is 0 Å². The largest absolute Gasteiger partial charge is 0.350 e. The Morgan fingerprint density at radius 1 is 1.35 bits per heavy atom. The molecule has 4 atom stereocenters. The molecule has 2 aliphatic carbocycles. The first kappa shape index (κ1) is 14.6. The molecule has 0 aromatic rings. The number of nitrogens with one attached hydrogen (secondary N) is 1. The monoisotopic (exact) mass is 312 g/mol. The minimum Gasteiger partial charge on any atom is -0.350 e. The van der Waals surface area contributed by atoms with Crippen LogP contribution in [0.4, 0.5) is 0 Å². The average Bonchev–Trinajstić information content (AvgIpc) is 3.11. The molecule has 0 aromatic heterocycles. The van der Waals surface area contributed by atoms with E-state index in [0.29, 0.717) is 5.11 Å². The van der Waals surface area contributed by atoms with Gasteiger partial charge in [0.15, 0.2) is 5.11 Å². The molecular formula is C15H24N2OS2. The number of carbonyl (C=O) groups is 1. The van der Waals surface area contributed by atoms with Crippen LogP contribution in [0.1, 0.15) is 38.5 Å². The molecule has 20 heavy (non-hydrogen) atoms. The minimum atomic E-state index is -0.0741. The summed E-state index contributed by atoms with van der Waals surface area (Å²) in [6.45, 7) is 0.828. The van der Waals surface area contributed by atoms with Crippen molar-refractivity contribution in [1.82, 2.24) is 10.2 Å². The van der Waals surface area contributed by atoms with Crippen LogP contribution < -0.4 is 5.32 Å². The van der Waals surface area contributed by atoms with Crippen LogP contribution >= 0.6 is 24.0 Å². The van der Waals surface area contributed by atoms with Gasteiger partial charge in [0.1, 0.15) is 6.04 Å². The molecule has 1 N–H and O–H groups in total. The van der Waals surface area contributed by atoms with Crippen LogP contribution in [0.3, 0.4) is 0 Å². The van der Waals surface area contributed by atoms with Gasteiger partial charge in [-0.15, -0.1) is 0 Å². The maximum Gasteiger partial charge on any atom is 0.251 e. The fourth-order valence-electron chi connectivity index (χ4n) is 4.24. The number of amides is 1. The molecule has 5 heteroatoms. The van der Waals surface area contributed by atoms with E-state index in [9.17, 15) is 4.79 Å². The second-order valence-corrected chi connectivity index (χ2v) is 7.87. The first-order valence-corrected chi connectivity index (χ1v) is 9.60. The second-order valence-electron chi connectivity index (χ2n) is 6.50. The third-order valence-corrected chi connectivity index (χ3v) is 6.31. The van der Waals surface area contributed by atoms with E-state index in [1.165, 1.54) is 25.7 Å². The Bertz CT molecular complexity index is 401. The Balaban J connectivity index is 1.50. The fraction of sp³-hybridized carbons (Fsp3) is 0.867. The molecule has 112 valence electrons. The summed E-state index contributed by atoms with van der Waals surface area (Å²) in [7, 11) is 0. The number of fused-ring (bicyclic) bond motifs is 2. The molecule has 1 heterocycles. The van der Waals surface area contributed by atoms with Crippen LogP contribution in [0.15, 0.2) is 0 Å². The molecule has 1 aliphatic heterocycles. The summed E-state index contributed by atoms with van der Waals surface area (Å²) in [6, 6.07) is -0.0741. The van der Waals surface area contributed by atoms with Gasteiger partial charge in [-0.3, -0.25) is 9.69 Å². The Kier molecular flexibility index (Phi) is 4.55. The zero-order valence-electron chi connectivity index (χ0n) is 12.1. The van der Waals surface area contributed by atoms with E-state index in [0.717, 1.165) is 42.9 Å². The van der Waals surface area contributed by atoms with Gasteiger partial charge >= 0.3 is 0 Å². The summed E-state index contributed by atoms with van der Waals surface area (Å²) in [5, 5.41) is 3.85. The highest BCUT2D eigenvalue weighted by atomic mass is 32.2. The molecule has 3 fully saturated rings. The molecule has 1 amide bonds. The molecular weight excluding hydrogens is 288 g/mol. The molecule has 1 saturated heterocycles. The van der Waals surface area contributed by atoms with Crippen LogP contribution in [-0.4, -0.2) is 40.5 Å². The molecule has 2 bridgehead atoms. The summed E-state index contributed by atoms with van der Waals surface area (Å²) >= 11 is 7.12. The van der Waals surface area contributed by atoms with Gasteiger partial charge in [-0.25, -0.2) is 0 Å². The number of thioether (sulfide) groups is 1. The van der Waals surface area contributed by atoms with Crippen molar-refractivity contribution in [3.8, 4) is 0 Å². The van der Waals surface area contributed by atoms with Gasteiger partial charge in [-0.05, 0) is 74.1 Å². The second kappa shape index (κ2) is 6.22. The van der Waals surface area contributed by atoms with Crippen LogP contribution in [0.5, 0.6) is 0 Å². The normalized spacial score (nSPS) is 36.0. The standard InChI is InChI=1S/C15H24N2OS2/c1-20-7-5-13-14(18)17(15(19)16-13)6-4-12-9-10-2-3-11(12)8-10/h10-13H,2-9H2,1H3,(H,16,19)/t10-,11-,12-,13+/m1/s1. The lowest BCUT2D eigenvalue weighted by Crippen LogP contribution is -2.33. The Labute approximate surface area is 131 Å².